The van der Waals surface area contributed by atoms with Gasteiger partial charge in [-0.1, -0.05) is 23.7 Å². The third kappa shape index (κ3) is 2.74. The first-order valence-electron chi connectivity index (χ1n) is 7.18. The first-order valence-corrected chi connectivity index (χ1v) is 7.56. The number of hydrogen-bond donors (Lipinski definition) is 1. The number of fused-ring (bicyclic) bond motifs is 1. The molecule has 4 nitrogen and oxygen atoms in total. The van der Waals surface area contributed by atoms with Gasteiger partial charge in [-0.05, 0) is 31.5 Å². The van der Waals surface area contributed by atoms with Crippen molar-refractivity contribution in [1.29, 1.82) is 0 Å². The van der Waals surface area contributed by atoms with Crippen LogP contribution < -0.4 is 5.32 Å². The molecule has 1 aromatic heterocycles. The van der Waals surface area contributed by atoms with Gasteiger partial charge in [-0.3, -0.25) is 14.7 Å². The Hall–Kier alpha value is -1.65. The molecule has 2 heterocycles. The van der Waals surface area contributed by atoms with E-state index in [-0.39, 0.29) is 11.9 Å². The number of benzene rings is 1. The molecule has 0 unspecified atom stereocenters. The standard InChI is InChI=1S/C16H18ClN3O/c1-18-16(21)14-5-3-9-20(14)10-12-13(17)7-6-11-4-2-8-19-15(11)12/h2,4,6-8,14H,3,5,9-10H2,1H3,(H,18,21)/t14-/m0/s1. The summed E-state index contributed by atoms with van der Waals surface area (Å²) in [7, 11) is 1.69. The minimum atomic E-state index is -0.0648. The van der Waals surface area contributed by atoms with E-state index in [1.165, 1.54) is 0 Å². The Labute approximate surface area is 129 Å². The van der Waals surface area contributed by atoms with Crippen LogP contribution in [0, 0.1) is 0 Å². The summed E-state index contributed by atoms with van der Waals surface area (Å²) in [4.78, 5) is 18.6. The van der Waals surface area contributed by atoms with Crippen molar-refractivity contribution in [2.75, 3.05) is 13.6 Å². The van der Waals surface area contributed by atoms with Crippen LogP contribution in [0.25, 0.3) is 10.9 Å². The van der Waals surface area contributed by atoms with Gasteiger partial charge in [-0.2, -0.15) is 0 Å². The molecule has 0 spiro atoms. The normalized spacial score (nSPS) is 19.0. The first-order chi connectivity index (χ1) is 10.2. The summed E-state index contributed by atoms with van der Waals surface area (Å²) in [5.41, 5.74) is 1.93. The monoisotopic (exact) mass is 303 g/mol. The highest BCUT2D eigenvalue weighted by Gasteiger charge is 2.30. The SMILES string of the molecule is CNC(=O)[C@@H]1CCCN1Cc1c(Cl)ccc2cccnc12. The zero-order chi connectivity index (χ0) is 14.8. The molecular formula is C16H18ClN3O. The quantitative estimate of drug-likeness (QED) is 0.948. The van der Waals surface area contributed by atoms with Gasteiger partial charge in [0, 0.05) is 35.8 Å². The molecule has 1 atom stereocenters. The number of likely N-dealkylation sites (N-methyl/N-ethyl adjacent to an activating group) is 1. The van der Waals surface area contributed by atoms with Gasteiger partial charge in [0.2, 0.25) is 5.91 Å². The summed E-state index contributed by atoms with van der Waals surface area (Å²) in [6.45, 7) is 1.57. The van der Waals surface area contributed by atoms with Crippen LogP contribution in [0.1, 0.15) is 18.4 Å². The Morgan fingerprint density at radius 3 is 3.14 bits per heavy atom. The number of halogens is 1. The van der Waals surface area contributed by atoms with E-state index >= 15 is 0 Å². The molecule has 2 aromatic rings. The highest BCUT2D eigenvalue weighted by Crippen LogP contribution is 2.28. The summed E-state index contributed by atoms with van der Waals surface area (Å²) in [5, 5.41) is 4.53. The molecule has 5 heteroatoms. The van der Waals surface area contributed by atoms with E-state index in [1.54, 1.807) is 13.2 Å². The van der Waals surface area contributed by atoms with Crippen LogP contribution in [0.2, 0.25) is 5.02 Å². The second kappa shape index (κ2) is 6.00. The van der Waals surface area contributed by atoms with Crippen LogP contribution in [0.15, 0.2) is 30.5 Å². The van der Waals surface area contributed by atoms with Crippen molar-refractivity contribution in [1.82, 2.24) is 15.2 Å². The largest absolute Gasteiger partial charge is 0.358 e. The second-order valence-electron chi connectivity index (χ2n) is 5.34. The summed E-state index contributed by atoms with van der Waals surface area (Å²) < 4.78 is 0. The van der Waals surface area contributed by atoms with E-state index in [0.717, 1.165) is 35.9 Å². The third-order valence-corrected chi connectivity index (χ3v) is 4.45. The molecule has 1 aliphatic heterocycles. The number of likely N-dealkylation sites (tertiary alicyclic amines) is 1. The maximum Gasteiger partial charge on any atom is 0.237 e. The summed E-state index contributed by atoms with van der Waals surface area (Å²) in [5.74, 6) is 0.0804. The molecule has 1 aromatic carbocycles. The van der Waals surface area contributed by atoms with Crippen LogP contribution in [0.4, 0.5) is 0 Å². The fourth-order valence-electron chi connectivity index (χ4n) is 3.01. The van der Waals surface area contributed by atoms with Gasteiger partial charge in [0.25, 0.3) is 0 Å². The maximum absolute atomic E-state index is 12.0. The lowest BCUT2D eigenvalue weighted by Gasteiger charge is -2.24. The fraction of sp³-hybridized carbons (Fsp3) is 0.375. The van der Waals surface area contributed by atoms with E-state index in [9.17, 15) is 4.79 Å². The molecule has 21 heavy (non-hydrogen) atoms. The highest BCUT2D eigenvalue weighted by molar-refractivity contribution is 6.32. The predicted molar refractivity (Wildman–Crippen MR) is 84.3 cm³/mol. The van der Waals surface area contributed by atoms with Crippen molar-refractivity contribution in [3.63, 3.8) is 0 Å². The van der Waals surface area contributed by atoms with Gasteiger partial charge in [0.15, 0.2) is 0 Å². The molecule has 0 saturated carbocycles. The highest BCUT2D eigenvalue weighted by atomic mass is 35.5. The number of carbonyl (C=O) groups is 1. The van der Waals surface area contributed by atoms with Crippen LogP contribution in [0.3, 0.4) is 0 Å². The molecule has 110 valence electrons. The van der Waals surface area contributed by atoms with Crippen molar-refractivity contribution in [2.45, 2.75) is 25.4 Å². The first kappa shape index (κ1) is 14.3. The number of hydrogen-bond acceptors (Lipinski definition) is 3. The van der Waals surface area contributed by atoms with E-state index in [1.807, 2.05) is 24.3 Å². The Bertz CT molecular complexity index is 674. The molecule has 1 saturated heterocycles. The van der Waals surface area contributed by atoms with E-state index in [4.69, 9.17) is 11.6 Å². The second-order valence-corrected chi connectivity index (χ2v) is 5.75. The van der Waals surface area contributed by atoms with E-state index in [0.29, 0.717) is 11.6 Å². The smallest absolute Gasteiger partial charge is 0.237 e. The number of carbonyl (C=O) groups excluding carboxylic acids is 1. The summed E-state index contributed by atoms with van der Waals surface area (Å²) in [6, 6.07) is 7.77. The minimum Gasteiger partial charge on any atom is -0.358 e. The van der Waals surface area contributed by atoms with Crippen molar-refractivity contribution >= 4 is 28.4 Å². The average Bonchev–Trinajstić information content (AvgIpc) is 2.97. The molecule has 1 amide bonds. The number of pyridine rings is 1. The van der Waals surface area contributed by atoms with E-state index in [2.05, 4.69) is 15.2 Å². The molecule has 0 radical (unpaired) electrons. The van der Waals surface area contributed by atoms with Crippen LogP contribution in [0.5, 0.6) is 0 Å². The lowest BCUT2D eigenvalue weighted by molar-refractivity contribution is -0.125. The molecular weight excluding hydrogens is 286 g/mol. The molecule has 3 rings (SSSR count). The number of rotatable bonds is 3. The Morgan fingerprint density at radius 1 is 1.48 bits per heavy atom. The van der Waals surface area contributed by atoms with Crippen molar-refractivity contribution in [3.8, 4) is 0 Å². The van der Waals surface area contributed by atoms with Crippen LogP contribution in [-0.2, 0) is 11.3 Å². The van der Waals surface area contributed by atoms with Gasteiger partial charge in [0.05, 0.1) is 11.6 Å². The Balaban J connectivity index is 1.94. The maximum atomic E-state index is 12.0. The van der Waals surface area contributed by atoms with Crippen molar-refractivity contribution < 1.29 is 4.79 Å². The zero-order valence-electron chi connectivity index (χ0n) is 12.0. The lowest BCUT2D eigenvalue weighted by Crippen LogP contribution is -2.41. The average molecular weight is 304 g/mol. The Kier molecular flexibility index (Phi) is 4.08. The fourth-order valence-corrected chi connectivity index (χ4v) is 3.23. The van der Waals surface area contributed by atoms with E-state index < -0.39 is 0 Å². The van der Waals surface area contributed by atoms with Crippen LogP contribution >= 0.6 is 11.6 Å². The summed E-state index contributed by atoms with van der Waals surface area (Å²) in [6.07, 6.45) is 3.71. The molecule has 0 bridgehead atoms. The zero-order valence-corrected chi connectivity index (χ0v) is 12.7. The van der Waals surface area contributed by atoms with Gasteiger partial charge in [0.1, 0.15) is 0 Å². The molecule has 1 N–H and O–H groups in total. The topological polar surface area (TPSA) is 45.2 Å². The van der Waals surface area contributed by atoms with Crippen LogP contribution in [-0.4, -0.2) is 35.4 Å². The van der Waals surface area contributed by atoms with Gasteiger partial charge in [-0.15, -0.1) is 0 Å². The van der Waals surface area contributed by atoms with Crippen molar-refractivity contribution in [3.05, 3.63) is 41.0 Å². The minimum absolute atomic E-state index is 0.0648. The van der Waals surface area contributed by atoms with Gasteiger partial charge < -0.3 is 5.32 Å². The lowest BCUT2D eigenvalue weighted by atomic mass is 10.1. The molecule has 1 fully saturated rings. The summed E-state index contributed by atoms with van der Waals surface area (Å²) >= 11 is 6.38. The number of nitrogens with one attached hydrogen (secondary N) is 1. The number of aromatic nitrogens is 1. The van der Waals surface area contributed by atoms with Gasteiger partial charge >= 0.3 is 0 Å². The molecule has 0 aliphatic carbocycles. The number of amides is 1. The predicted octanol–water partition coefficient (Wildman–Crippen LogP) is 2.60. The van der Waals surface area contributed by atoms with Gasteiger partial charge in [-0.25, -0.2) is 0 Å². The Morgan fingerprint density at radius 2 is 2.33 bits per heavy atom. The molecule has 1 aliphatic rings. The van der Waals surface area contributed by atoms with Crippen molar-refractivity contribution in [2.24, 2.45) is 0 Å². The third-order valence-electron chi connectivity index (χ3n) is 4.10. The number of nitrogens with zero attached hydrogens (tertiary/aromatic N) is 2.